The van der Waals surface area contributed by atoms with Crippen LogP contribution in [0.1, 0.15) is 33.6 Å². The topological polar surface area (TPSA) is 29.1 Å². The van der Waals surface area contributed by atoms with Crippen LogP contribution in [0.5, 0.6) is 0 Å². The van der Waals surface area contributed by atoms with E-state index in [-0.39, 0.29) is 5.92 Å². The predicted octanol–water partition coefficient (Wildman–Crippen LogP) is 2.98. The van der Waals surface area contributed by atoms with Gasteiger partial charge in [0, 0.05) is 30.4 Å². The smallest absolute Gasteiger partial charge is 0.136 e. The van der Waals surface area contributed by atoms with Crippen molar-refractivity contribution >= 4 is 27.4 Å². The number of hydrogen-bond acceptors (Lipinski definition) is 4. The molecule has 0 amide bonds. The summed E-state index contributed by atoms with van der Waals surface area (Å²) in [6.07, 6.45) is 1.70. The van der Waals surface area contributed by atoms with Gasteiger partial charge in [-0.15, -0.1) is 0 Å². The van der Waals surface area contributed by atoms with Crippen LogP contribution in [0.3, 0.4) is 0 Å². The van der Waals surface area contributed by atoms with Crippen LogP contribution in [0.25, 0.3) is 0 Å². The van der Waals surface area contributed by atoms with E-state index in [0.717, 1.165) is 37.4 Å². The van der Waals surface area contributed by atoms with Crippen LogP contribution in [0.15, 0.2) is 0 Å². The molecule has 90 valence electrons. The van der Waals surface area contributed by atoms with Gasteiger partial charge in [0.2, 0.25) is 0 Å². The Bertz CT molecular complexity index is 165. The first-order chi connectivity index (χ1) is 7.22. The van der Waals surface area contributed by atoms with Crippen molar-refractivity contribution in [3.63, 3.8) is 0 Å². The molecule has 2 nitrogen and oxygen atoms in total. The molecule has 0 saturated carbocycles. The molecule has 1 unspecified atom stereocenters. The van der Waals surface area contributed by atoms with Crippen molar-refractivity contribution in [1.29, 1.82) is 0 Å². The van der Waals surface area contributed by atoms with Gasteiger partial charge in [-0.2, -0.15) is 0 Å². The Labute approximate surface area is 102 Å². The SMILES string of the molecule is CCNCCSSCCC(=O)C(C)CC. The van der Waals surface area contributed by atoms with Gasteiger partial charge in [-0.3, -0.25) is 4.79 Å². The molecule has 1 atom stereocenters. The minimum atomic E-state index is 0.248. The molecule has 0 aliphatic rings. The van der Waals surface area contributed by atoms with E-state index in [1.165, 1.54) is 0 Å². The van der Waals surface area contributed by atoms with Gasteiger partial charge < -0.3 is 5.32 Å². The number of Topliss-reactive ketones (excluding diaryl/α,β-unsaturated/α-hetero) is 1. The normalized spacial score (nSPS) is 12.7. The lowest BCUT2D eigenvalue weighted by Gasteiger charge is -2.06. The fourth-order valence-electron chi connectivity index (χ4n) is 1.02. The second-order valence-corrected chi connectivity index (χ2v) is 6.23. The fourth-order valence-corrected chi connectivity index (χ4v) is 2.98. The molecule has 0 saturated heterocycles. The number of carbonyl (C=O) groups excluding carboxylic acids is 1. The summed E-state index contributed by atoms with van der Waals surface area (Å²) in [5.74, 6) is 2.74. The molecule has 1 N–H and O–H groups in total. The molecule has 0 rings (SSSR count). The Kier molecular flexibility index (Phi) is 11.1. The summed E-state index contributed by atoms with van der Waals surface area (Å²) >= 11 is 0. The lowest BCUT2D eigenvalue weighted by Crippen LogP contribution is -2.15. The average molecular weight is 249 g/mol. The van der Waals surface area contributed by atoms with Crippen LogP contribution in [0.2, 0.25) is 0 Å². The third kappa shape index (κ3) is 9.27. The van der Waals surface area contributed by atoms with Gasteiger partial charge in [-0.25, -0.2) is 0 Å². The third-order valence-corrected chi connectivity index (χ3v) is 4.70. The summed E-state index contributed by atoms with van der Waals surface area (Å²) in [4.78, 5) is 11.5. The molecular formula is C11H23NOS2. The molecule has 0 radical (unpaired) electrons. The largest absolute Gasteiger partial charge is 0.316 e. The zero-order chi connectivity index (χ0) is 11.5. The van der Waals surface area contributed by atoms with E-state index >= 15 is 0 Å². The highest BCUT2D eigenvalue weighted by molar-refractivity contribution is 8.76. The number of ketones is 1. The van der Waals surface area contributed by atoms with E-state index in [2.05, 4.69) is 19.2 Å². The quantitative estimate of drug-likeness (QED) is 0.476. The maximum Gasteiger partial charge on any atom is 0.136 e. The first-order valence-electron chi connectivity index (χ1n) is 5.70. The van der Waals surface area contributed by atoms with Crippen LogP contribution in [-0.4, -0.2) is 30.4 Å². The maximum absolute atomic E-state index is 11.5. The third-order valence-electron chi connectivity index (χ3n) is 2.29. The highest BCUT2D eigenvalue weighted by Gasteiger charge is 2.09. The number of carbonyl (C=O) groups is 1. The van der Waals surface area contributed by atoms with Crippen molar-refractivity contribution in [1.82, 2.24) is 5.32 Å². The highest BCUT2D eigenvalue weighted by Crippen LogP contribution is 2.22. The molecule has 0 spiro atoms. The molecule has 0 bridgehead atoms. The van der Waals surface area contributed by atoms with E-state index in [1.807, 2.05) is 28.5 Å². The van der Waals surface area contributed by atoms with Gasteiger partial charge in [0.1, 0.15) is 5.78 Å². The van der Waals surface area contributed by atoms with Crippen LogP contribution < -0.4 is 5.32 Å². The van der Waals surface area contributed by atoms with Crippen molar-refractivity contribution < 1.29 is 4.79 Å². The monoisotopic (exact) mass is 249 g/mol. The zero-order valence-electron chi connectivity index (χ0n) is 10.0. The van der Waals surface area contributed by atoms with Crippen LogP contribution in [-0.2, 0) is 4.79 Å². The first-order valence-corrected chi connectivity index (χ1v) is 8.19. The molecule has 0 aromatic rings. The van der Waals surface area contributed by atoms with Crippen molar-refractivity contribution in [3.05, 3.63) is 0 Å². The highest BCUT2D eigenvalue weighted by atomic mass is 33.1. The van der Waals surface area contributed by atoms with Gasteiger partial charge in [0.05, 0.1) is 0 Å². The number of nitrogens with one attached hydrogen (secondary N) is 1. The summed E-state index contributed by atoms with van der Waals surface area (Å²) in [6, 6.07) is 0. The number of rotatable bonds is 10. The maximum atomic E-state index is 11.5. The summed E-state index contributed by atoms with van der Waals surface area (Å²) in [5.41, 5.74) is 0. The molecule has 0 aliphatic heterocycles. The Morgan fingerprint density at radius 1 is 1.27 bits per heavy atom. The minimum absolute atomic E-state index is 0.248. The van der Waals surface area contributed by atoms with E-state index in [4.69, 9.17) is 0 Å². The fraction of sp³-hybridized carbons (Fsp3) is 0.909. The molecule has 4 heteroatoms. The van der Waals surface area contributed by atoms with E-state index in [9.17, 15) is 4.79 Å². The summed E-state index contributed by atoms with van der Waals surface area (Å²) in [7, 11) is 3.67. The van der Waals surface area contributed by atoms with Gasteiger partial charge in [-0.05, 0) is 13.0 Å². The van der Waals surface area contributed by atoms with E-state index < -0.39 is 0 Å². The molecule has 0 fully saturated rings. The number of hydrogen-bond donors (Lipinski definition) is 1. The molecule has 15 heavy (non-hydrogen) atoms. The van der Waals surface area contributed by atoms with Crippen molar-refractivity contribution in [3.8, 4) is 0 Å². The predicted molar refractivity (Wildman–Crippen MR) is 72.5 cm³/mol. The van der Waals surface area contributed by atoms with Gasteiger partial charge in [0.25, 0.3) is 0 Å². The second-order valence-electron chi connectivity index (χ2n) is 3.52. The average Bonchev–Trinajstić information content (AvgIpc) is 2.26. The van der Waals surface area contributed by atoms with E-state index in [0.29, 0.717) is 5.78 Å². The van der Waals surface area contributed by atoms with Crippen molar-refractivity contribution in [2.75, 3.05) is 24.6 Å². The van der Waals surface area contributed by atoms with Crippen molar-refractivity contribution in [2.24, 2.45) is 5.92 Å². The van der Waals surface area contributed by atoms with Crippen LogP contribution in [0.4, 0.5) is 0 Å². The van der Waals surface area contributed by atoms with Gasteiger partial charge >= 0.3 is 0 Å². The summed E-state index contributed by atoms with van der Waals surface area (Å²) < 4.78 is 0. The molecule has 0 aliphatic carbocycles. The second kappa shape index (κ2) is 10.8. The lowest BCUT2D eigenvalue weighted by molar-refractivity contribution is -0.122. The Hall–Kier alpha value is 0.330. The lowest BCUT2D eigenvalue weighted by atomic mass is 10.0. The minimum Gasteiger partial charge on any atom is -0.316 e. The van der Waals surface area contributed by atoms with Gasteiger partial charge in [-0.1, -0.05) is 42.4 Å². The summed E-state index contributed by atoms with van der Waals surface area (Å²) in [5, 5.41) is 3.27. The standard InChI is InChI=1S/C11H23NOS2/c1-4-10(3)11(13)6-8-14-15-9-7-12-5-2/h10,12H,4-9H2,1-3H3. The Morgan fingerprint density at radius 3 is 2.53 bits per heavy atom. The zero-order valence-corrected chi connectivity index (χ0v) is 11.7. The van der Waals surface area contributed by atoms with Crippen LogP contribution >= 0.6 is 21.6 Å². The molecule has 0 aromatic heterocycles. The molecule has 0 heterocycles. The molecule has 0 aromatic carbocycles. The Balaban J connectivity index is 3.20. The van der Waals surface area contributed by atoms with Crippen LogP contribution in [0, 0.1) is 5.92 Å². The first kappa shape index (κ1) is 15.3. The molecular weight excluding hydrogens is 226 g/mol. The summed E-state index contributed by atoms with van der Waals surface area (Å²) in [6.45, 7) is 8.31. The Morgan fingerprint density at radius 2 is 1.93 bits per heavy atom. The van der Waals surface area contributed by atoms with Crippen molar-refractivity contribution in [2.45, 2.75) is 33.6 Å². The van der Waals surface area contributed by atoms with Gasteiger partial charge in [0.15, 0.2) is 0 Å². The van der Waals surface area contributed by atoms with E-state index in [1.54, 1.807) is 0 Å².